The zero-order chi connectivity index (χ0) is 20.1. The summed E-state index contributed by atoms with van der Waals surface area (Å²) >= 11 is 0. The zero-order valence-electron chi connectivity index (χ0n) is 17.4. The van der Waals surface area contributed by atoms with Gasteiger partial charge in [-0.1, -0.05) is 48.5 Å². The largest absolute Gasteiger partial charge is 0.496 e. The standard InChI is InChI=1S/C24H31NO3/c1-24(2)17-19(14-15-28-24)25(3)23(26)16-21(18-10-6-5-7-11-18)20-12-8-9-13-22(20)27-4/h5-13,19,21H,14-17H2,1-4H3/t19-,21-/m1/s1. The van der Waals surface area contributed by atoms with Crippen molar-refractivity contribution in [3.05, 3.63) is 65.7 Å². The van der Waals surface area contributed by atoms with Crippen LogP contribution in [-0.2, 0) is 9.53 Å². The van der Waals surface area contributed by atoms with Crippen LogP contribution in [0.3, 0.4) is 0 Å². The molecule has 0 aromatic heterocycles. The van der Waals surface area contributed by atoms with Gasteiger partial charge in [0.25, 0.3) is 0 Å². The third kappa shape index (κ3) is 4.74. The van der Waals surface area contributed by atoms with E-state index in [-0.39, 0.29) is 23.5 Å². The summed E-state index contributed by atoms with van der Waals surface area (Å²) in [5.74, 6) is 0.932. The van der Waals surface area contributed by atoms with Crippen molar-refractivity contribution >= 4 is 5.91 Å². The number of nitrogens with zero attached hydrogens (tertiary/aromatic N) is 1. The number of carbonyl (C=O) groups is 1. The number of ether oxygens (including phenoxy) is 2. The average Bonchev–Trinajstić information content (AvgIpc) is 2.71. The van der Waals surface area contributed by atoms with E-state index in [1.165, 1.54) is 0 Å². The van der Waals surface area contributed by atoms with E-state index in [1.807, 2.05) is 48.3 Å². The summed E-state index contributed by atoms with van der Waals surface area (Å²) in [5.41, 5.74) is 1.99. The smallest absolute Gasteiger partial charge is 0.223 e. The molecule has 4 heteroatoms. The van der Waals surface area contributed by atoms with Gasteiger partial charge in [0.1, 0.15) is 5.75 Å². The lowest BCUT2D eigenvalue weighted by Gasteiger charge is -2.40. The highest BCUT2D eigenvalue weighted by Crippen LogP contribution is 2.35. The van der Waals surface area contributed by atoms with Crippen LogP contribution >= 0.6 is 0 Å². The molecule has 1 aliphatic heterocycles. The fourth-order valence-corrected chi connectivity index (χ4v) is 4.10. The van der Waals surface area contributed by atoms with Gasteiger partial charge in [0.2, 0.25) is 5.91 Å². The molecule has 28 heavy (non-hydrogen) atoms. The van der Waals surface area contributed by atoms with Gasteiger partial charge in [-0.15, -0.1) is 0 Å². The fourth-order valence-electron chi connectivity index (χ4n) is 4.10. The normalized spacial score (nSPS) is 19.6. The van der Waals surface area contributed by atoms with Gasteiger partial charge in [-0.2, -0.15) is 0 Å². The molecule has 3 rings (SSSR count). The Labute approximate surface area is 168 Å². The predicted molar refractivity (Wildman–Crippen MR) is 112 cm³/mol. The minimum absolute atomic E-state index is 0.0415. The lowest BCUT2D eigenvalue weighted by molar-refractivity contribution is -0.138. The van der Waals surface area contributed by atoms with Crippen molar-refractivity contribution in [2.75, 3.05) is 20.8 Å². The molecule has 150 valence electrons. The maximum Gasteiger partial charge on any atom is 0.223 e. The number of methoxy groups -OCH3 is 1. The first-order chi connectivity index (χ1) is 13.4. The highest BCUT2D eigenvalue weighted by Gasteiger charge is 2.33. The number of amides is 1. The van der Waals surface area contributed by atoms with Gasteiger partial charge in [-0.05, 0) is 38.3 Å². The van der Waals surface area contributed by atoms with Crippen molar-refractivity contribution in [3.63, 3.8) is 0 Å². The highest BCUT2D eigenvalue weighted by molar-refractivity contribution is 5.78. The summed E-state index contributed by atoms with van der Waals surface area (Å²) in [6, 6.07) is 18.4. The second-order valence-corrected chi connectivity index (χ2v) is 8.17. The van der Waals surface area contributed by atoms with Crippen LogP contribution in [0.25, 0.3) is 0 Å². The Hall–Kier alpha value is -2.33. The molecule has 2 aromatic rings. The molecule has 0 spiro atoms. The SMILES string of the molecule is COc1ccccc1[C@H](CC(=O)N(C)[C@@H]1CCOC(C)(C)C1)c1ccccc1. The summed E-state index contributed by atoms with van der Waals surface area (Å²) in [6.45, 7) is 4.89. The molecule has 0 bridgehead atoms. The van der Waals surface area contributed by atoms with E-state index in [0.29, 0.717) is 13.0 Å². The molecule has 0 radical (unpaired) electrons. The second-order valence-electron chi connectivity index (χ2n) is 8.17. The van der Waals surface area contributed by atoms with Crippen molar-refractivity contribution in [2.45, 2.75) is 50.7 Å². The number of rotatable bonds is 6. The molecule has 0 N–H and O–H groups in total. The van der Waals surface area contributed by atoms with Gasteiger partial charge in [0.15, 0.2) is 0 Å². The second kappa shape index (κ2) is 8.78. The molecule has 2 atom stereocenters. The first-order valence-corrected chi connectivity index (χ1v) is 9.99. The van der Waals surface area contributed by atoms with Crippen molar-refractivity contribution in [1.29, 1.82) is 0 Å². The van der Waals surface area contributed by atoms with Crippen LogP contribution in [-0.4, -0.2) is 43.2 Å². The molecule has 1 amide bonds. The molecule has 2 aromatic carbocycles. The first-order valence-electron chi connectivity index (χ1n) is 9.99. The van der Waals surface area contributed by atoms with Crippen LogP contribution < -0.4 is 4.74 Å². The maximum atomic E-state index is 13.3. The Balaban J connectivity index is 1.84. The molecular formula is C24H31NO3. The van der Waals surface area contributed by atoms with Crippen LogP contribution in [0.4, 0.5) is 0 Å². The average molecular weight is 382 g/mol. The van der Waals surface area contributed by atoms with E-state index in [4.69, 9.17) is 9.47 Å². The molecule has 1 aliphatic rings. The summed E-state index contributed by atoms with van der Waals surface area (Å²) in [7, 11) is 3.61. The van der Waals surface area contributed by atoms with E-state index in [0.717, 1.165) is 29.7 Å². The van der Waals surface area contributed by atoms with Crippen LogP contribution in [0, 0.1) is 0 Å². The number of hydrogen-bond acceptors (Lipinski definition) is 3. The van der Waals surface area contributed by atoms with Gasteiger partial charge in [0.05, 0.1) is 12.7 Å². The Morgan fingerprint density at radius 3 is 2.54 bits per heavy atom. The lowest BCUT2D eigenvalue weighted by atomic mass is 9.86. The molecule has 1 heterocycles. The summed E-state index contributed by atoms with van der Waals surface area (Å²) in [4.78, 5) is 15.2. The third-order valence-electron chi connectivity index (χ3n) is 5.71. The molecule has 0 aliphatic carbocycles. The van der Waals surface area contributed by atoms with Crippen molar-refractivity contribution < 1.29 is 14.3 Å². The molecule has 0 saturated carbocycles. The number of carbonyl (C=O) groups excluding carboxylic acids is 1. The van der Waals surface area contributed by atoms with Gasteiger partial charge in [-0.25, -0.2) is 0 Å². The van der Waals surface area contributed by atoms with Crippen LogP contribution in [0.15, 0.2) is 54.6 Å². The van der Waals surface area contributed by atoms with Gasteiger partial charge < -0.3 is 14.4 Å². The minimum atomic E-state index is -0.182. The number of benzene rings is 2. The van der Waals surface area contributed by atoms with Crippen LogP contribution in [0.1, 0.15) is 50.2 Å². The van der Waals surface area contributed by atoms with Gasteiger partial charge >= 0.3 is 0 Å². The van der Waals surface area contributed by atoms with Gasteiger partial charge in [0, 0.05) is 37.6 Å². The molecule has 1 saturated heterocycles. The third-order valence-corrected chi connectivity index (χ3v) is 5.71. The topological polar surface area (TPSA) is 38.8 Å². The Morgan fingerprint density at radius 2 is 1.86 bits per heavy atom. The van der Waals surface area contributed by atoms with Crippen molar-refractivity contribution in [1.82, 2.24) is 4.90 Å². The van der Waals surface area contributed by atoms with E-state index in [9.17, 15) is 4.79 Å². The monoisotopic (exact) mass is 381 g/mol. The fraction of sp³-hybridized carbons (Fsp3) is 0.458. The molecular weight excluding hydrogens is 350 g/mol. The van der Waals surface area contributed by atoms with E-state index in [2.05, 4.69) is 32.0 Å². The molecule has 0 unspecified atom stereocenters. The quantitative estimate of drug-likeness (QED) is 0.732. The van der Waals surface area contributed by atoms with Crippen molar-refractivity contribution in [3.8, 4) is 5.75 Å². The molecule has 4 nitrogen and oxygen atoms in total. The van der Waals surface area contributed by atoms with Crippen LogP contribution in [0.2, 0.25) is 0 Å². The van der Waals surface area contributed by atoms with Crippen LogP contribution in [0.5, 0.6) is 5.75 Å². The van der Waals surface area contributed by atoms with Gasteiger partial charge in [-0.3, -0.25) is 4.79 Å². The predicted octanol–water partition coefficient (Wildman–Crippen LogP) is 4.63. The van der Waals surface area contributed by atoms with E-state index in [1.54, 1.807) is 7.11 Å². The number of para-hydroxylation sites is 1. The zero-order valence-corrected chi connectivity index (χ0v) is 17.4. The highest BCUT2D eigenvalue weighted by atomic mass is 16.5. The molecule has 1 fully saturated rings. The summed E-state index contributed by atoms with van der Waals surface area (Å²) in [6.07, 6.45) is 2.16. The maximum absolute atomic E-state index is 13.3. The summed E-state index contributed by atoms with van der Waals surface area (Å²) < 4.78 is 11.4. The Kier molecular flexibility index (Phi) is 6.40. The Bertz CT molecular complexity index is 787. The number of hydrogen-bond donors (Lipinski definition) is 0. The van der Waals surface area contributed by atoms with E-state index >= 15 is 0 Å². The Morgan fingerprint density at radius 1 is 1.18 bits per heavy atom. The van der Waals surface area contributed by atoms with E-state index < -0.39 is 0 Å². The van der Waals surface area contributed by atoms with Crippen molar-refractivity contribution in [2.24, 2.45) is 0 Å². The summed E-state index contributed by atoms with van der Waals surface area (Å²) in [5, 5.41) is 0. The first kappa shape index (κ1) is 20.4. The minimum Gasteiger partial charge on any atom is -0.496 e. The lowest BCUT2D eigenvalue weighted by Crippen LogP contribution is -2.47.